The summed E-state index contributed by atoms with van der Waals surface area (Å²) in [6, 6.07) is -0.126. The Hall–Kier alpha value is -1.32. The third-order valence-corrected chi connectivity index (χ3v) is 6.94. The van der Waals surface area contributed by atoms with E-state index in [0.29, 0.717) is 6.54 Å². The number of amides is 1. The highest BCUT2D eigenvalue weighted by atomic mass is 16.2. The number of piperazine rings is 2. The Balaban J connectivity index is 1.40. The molecule has 4 aliphatic rings. The molecule has 0 bridgehead atoms. The topological polar surface area (TPSA) is 62.6 Å². The molecule has 0 aromatic heterocycles. The molecule has 0 aromatic carbocycles. The summed E-state index contributed by atoms with van der Waals surface area (Å²) < 4.78 is 0. The molecule has 4 rings (SSSR count). The van der Waals surface area contributed by atoms with Gasteiger partial charge in [0.2, 0.25) is 5.91 Å². The average molecular weight is 345 g/mol. The molecule has 0 radical (unpaired) electrons. The van der Waals surface area contributed by atoms with E-state index in [0.717, 1.165) is 51.0 Å². The number of hydrogen-bond acceptors (Lipinski definition) is 5. The molecule has 2 unspecified atom stereocenters. The molecule has 138 valence electrons. The molecule has 3 atom stereocenters. The van der Waals surface area contributed by atoms with Crippen LogP contribution in [0.2, 0.25) is 0 Å². The molecule has 1 amide bonds. The number of nitrogens with zero attached hydrogens (tertiary/aromatic N) is 4. The van der Waals surface area contributed by atoms with Gasteiger partial charge < -0.3 is 9.80 Å². The van der Waals surface area contributed by atoms with Crippen molar-refractivity contribution < 1.29 is 4.79 Å². The van der Waals surface area contributed by atoms with E-state index in [1.165, 1.54) is 38.5 Å². The monoisotopic (exact) mass is 345 g/mol. The Morgan fingerprint density at radius 3 is 2.60 bits per heavy atom. The Kier molecular flexibility index (Phi) is 5.14. The van der Waals surface area contributed by atoms with E-state index in [4.69, 9.17) is 0 Å². The molecule has 1 aliphatic carbocycles. The van der Waals surface area contributed by atoms with Crippen molar-refractivity contribution >= 4 is 5.91 Å². The lowest BCUT2D eigenvalue weighted by atomic mass is 9.75. The van der Waals surface area contributed by atoms with Gasteiger partial charge in [-0.25, -0.2) is 0 Å². The first-order chi connectivity index (χ1) is 12.3. The minimum Gasteiger partial charge on any atom is -0.324 e. The van der Waals surface area contributed by atoms with Gasteiger partial charge in [0.05, 0.1) is 12.7 Å². The van der Waals surface area contributed by atoms with E-state index in [-0.39, 0.29) is 18.1 Å². The molecule has 6 heteroatoms. The molecule has 6 nitrogen and oxygen atoms in total. The van der Waals surface area contributed by atoms with E-state index in [1.54, 1.807) is 4.90 Å². The van der Waals surface area contributed by atoms with Crippen LogP contribution in [0, 0.1) is 23.3 Å². The zero-order chi connectivity index (χ0) is 17.2. The quantitative estimate of drug-likeness (QED) is 0.762. The summed E-state index contributed by atoms with van der Waals surface area (Å²) >= 11 is 0. The van der Waals surface area contributed by atoms with Crippen LogP contribution in [0.5, 0.6) is 0 Å². The highest BCUT2D eigenvalue weighted by Gasteiger charge is 2.42. The van der Waals surface area contributed by atoms with Crippen LogP contribution in [0.1, 0.15) is 44.9 Å². The molecular formula is C19H31N5O. The summed E-state index contributed by atoms with van der Waals surface area (Å²) in [7, 11) is 0. The van der Waals surface area contributed by atoms with Crippen molar-refractivity contribution in [1.29, 1.82) is 5.26 Å². The van der Waals surface area contributed by atoms with Crippen LogP contribution in [0.25, 0.3) is 0 Å². The number of carbonyl (C=O) groups excluding carboxylic acids is 1. The van der Waals surface area contributed by atoms with Gasteiger partial charge in [-0.05, 0) is 31.2 Å². The molecule has 1 saturated carbocycles. The van der Waals surface area contributed by atoms with Gasteiger partial charge in [0, 0.05) is 26.2 Å². The summed E-state index contributed by atoms with van der Waals surface area (Å²) in [6.07, 6.45) is 11.8. The summed E-state index contributed by atoms with van der Waals surface area (Å²) in [5.74, 6) is 1.88. The summed E-state index contributed by atoms with van der Waals surface area (Å²) in [4.78, 5) is 19.2. The van der Waals surface area contributed by atoms with Gasteiger partial charge in [-0.1, -0.05) is 32.1 Å². The predicted molar refractivity (Wildman–Crippen MR) is 95.3 cm³/mol. The van der Waals surface area contributed by atoms with E-state index >= 15 is 0 Å². The van der Waals surface area contributed by atoms with Crippen molar-refractivity contribution in [3.63, 3.8) is 0 Å². The van der Waals surface area contributed by atoms with E-state index in [9.17, 15) is 10.1 Å². The van der Waals surface area contributed by atoms with Crippen LogP contribution in [0.4, 0.5) is 0 Å². The maximum absolute atomic E-state index is 13.1. The van der Waals surface area contributed by atoms with Gasteiger partial charge in [-0.15, -0.1) is 0 Å². The van der Waals surface area contributed by atoms with Gasteiger partial charge in [-0.2, -0.15) is 5.26 Å². The maximum Gasteiger partial charge on any atom is 0.243 e. The Morgan fingerprint density at radius 2 is 1.80 bits per heavy atom. The number of piperidine rings is 1. The number of nitrogens with one attached hydrogen (secondary N) is 1. The third-order valence-electron chi connectivity index (χ3n) is 6.94. The highest BCUT2D eigenvalue weighted by molar-refractivity contribution is 5.83. The van der Waals surface area contributed by atoms with E-state index in [1.807, 2.05) is 0 Å². The summed E-state index contributed by atoms with van der Waals surface area (Å²) in [5.41, 5.74) is 0. The highest BCUT2D eigenvalue weighted by Crippen LogP contribution is 2.36. The fourth-order valence-electron chi connectivity index (χ4n) is 5.45. The van der Waals surface area contributed by atoms with E-state index < -0.39 is 0 Å². The molecule has 0 spiro atoms. The molecule has 0 aromatic rings. The predicted octanol–water partition coefficient (Wildman–Crippen LogP) is 1.20. The van der Waals surface area contributed by atoms with Crippen LogP contribution in [0.3, 0.4) is 0 Å². The Labute approximate surface area is 151 Å². The van der Waals surface area contributed by atoms with Crippen molar-refractivity contribution in [1.82, 2.24) is 20.0 Å². The SMILES string of the molecule is N#CN1CCN2CCN(C3CC(C4CCCCC4)CCN3)C(=O)[C@H]2C1. The van der Waals surface area contributed by atoms with Crippen LogP contribution in [-0.4, -0.2) is 72.1 Å². The number of nitriles is 1. The molecule has 3 saturated heterocycles. The van der Waals surface area contributed by atoms with E-state index in [2.05, 4.69) is 21.3 Å². The third kappa shape index (κ3) is 3.50. The molecule has 4 fully saturated rings. The van der Waals surface area contributed by atoms with Crippen LogP contribution < -0.4 is 5.32 Å². The molecule has 25 heavy (non-hydrogen) atoms. The molecule has 3 aliphatic heterocycles. The zero-order valence-electron chi connectivity index (χ0n) is 15.2. The van der Waals surface area contributed by atoms with Gasteiger partial charge in [-0.3, -0.25) is 15.0 Å². The van der Waals surface area contributed by atoms with Crippen LogP contribution in [0.15, 0.2) is 0 Å². The Bertz CT molecular complexity index is 526. The van der Waals surface area contributed by atoms with Crippen molar-refractivity contribution in [2.75, 3.05) is 39.3 Å². The normalized spacial score (nSPS) is 35.3. The first kappa shape index (κ1) is 17.1. The van der Waals surface area contributed by atoms with Crippen molar-refractivity contribution in [2.45, 2.75) is 57.2 Å². The maximum atomic E-state index is 13.1. The smallest absolute Gasteiger partial charge is 0.243 e. The summed E-state index contributed by atoms with van der Waals surface area (Å²) in [5, 5.41) is 12.8. The van der Waals surface area contributed by atoms with Crippen molar-refractivity contribution in [3.8, 4) is 6.19 Å². The fourth-order valence-corrected chi connectivity index (χ4v) is 5.45. The second-order valence-corrected chi connectivity index (χ2v) is 8.28. The molecule has 3 heterocycles. The van der Waals surface area contributed by atoms with Gasteiger partial charge >= 0.3 is 0 Å². The van der Waals surface area contributed by atoms with Crippen molar-refractivity contribution in [3.05, 3.63) is 0 Å². The number of fused-ring (bicyclic) bond motifs is 1. The lowest BCUT2D eigenvalue weighted by molar-refractivity contribution is -0.149. The lowest BCUT2D eigenvalue weighted by Gasteiger charge is -2.49. The second-order valence-electron chi connectivity index (χ2n) is 8.28. The molecular weight excluding hydrogens is 314 g/mol. The average Bonchev–Trinajstić information content (AvgIpc) is 2.69. The Morgan fingerprint density at radius 1 is 1.00 bits per heavy atom. The van der Waals surface area contributed by atoms with Crippen LogP contribution >= 0.6 is 0 Å². The first-order valence-electron chi connectivity index (χ1n) is 10.2. The van der Waals surface area contributed by atoms with Gasteiger partial charge in [0.15, 0.2) is 6.19 Å². The van der Waals surface area contributed by atoms with Crippen LogP contribution in [-0.2, 0) is 4.79 Å². The van der Waals surface area contributed by atoms with Gasteiger partial charge in [0.25, 0.3) is 0 Å². The minimum atomic E-state index is -0.126. The van der Waals surface area contributed by atoms with Crippen molar-refractivity contribution in [2.24, 2.45) is 11.8 Å². The number of hydrogen-bond donors (Lipinski definition) is 1. The fraction of sp³-hybridized carbons (Fsp3) is 0.895. The van der Waals surface area contributed by atoms with Gasteiger partial charge in [0.1, 0.15) is 6.04 Å². The first-order valence-corrected chi connectivity index (χ1v) is 10.2. The number of carbonyl (C=O) groups is 1. The minimum absolute atomic E-state index is 0.126. The largest absolute Gasteiger partial charge is 0.324 e. The molecule has 1 N–H and O–H groups in total. The summed E-state index contributed by atoms with van der Waals surface area (Å²) in [6.45, 7) is 4.96. The second kappa shape index (κ2) is 7.51. The standard InChI is InChI=1S/C19H31N5O/c20-14-22-8-9-23-10-11-24(19(25)17(23)13-22)18-12-16(6-7-21-18)15-4-2-1-3-5-15/h15-18,21H,1-13H2/t16?,17-,18?/m1/s1. The lowest BCUT2D eigenvalue weighted by Crippen LogP contribution is -2.67. The number of rotatable bonds is 2. The zero-order valence-corrected chi connectivity index (χ0v) is 15.2.